The first kappa shape index (κ1) is 16.8. The lowest BCUT2D eigenvalue weighted by atomic mass is 10.1. The monoisotopic (exact) mass is 348 g/mol. The molecule has 1 aliphatic rings. The third-order valence-electron chi connectivity index (χ3n) is 4.19. The Balaban J connectivity index is 1.56. The van der Waals surface area contributed by atoms with Gasteiger partial charge in [-0.05, 0) is 18.1 Å². The van der Waals surface area contributed by atoms with Gasteiger partial charge in [0.1, 0.15) is 11.9 Å². The van der Waals surface area contributed by atoms with Crippen molar-refractivity contribution < 1.29 is 14.1 Å². The van der Waals surface area contributed by atoms with Crippen LogP contribution in [0.15, 0.2) is 34.9 Å². The van der Waals surface area contributed by atoms with Crippen molar-refractivity contribution in [2.75, 3.05) is 13.1 Å². The molecule has 1 amide bonds. The fourth-order valence-electron chi connectivity index (χ4n) is 2.71. The number of benzene rings is 1. The number of nitrogens with zero attached hydrogens (tertiary/aromatic N) is 2. The molecule has 1 saturated heterocycles. The molecule has 1 aliphatic heterocycles. The number of ether oxygens (including phenoxy) is 1. The molecule has 5 nitrogen and oxygen atoms in total. The van der Waals surface area contributed by atoms with Gasteiger partial charge < -0.3 is 14.2 Å². The highest BCUT2D eigenvalue weighted by atomic mass is 35.5. The van der Waals surface area contributed by atoms with Gasteiger partial charge >= 0.3 is 0 Å². The molecule has 0 radical (unpaired) electrons. The van der Waals surface area contributed by atoms with Crippen molar-refractivity contribution >= 4 is 17.5 Å². The minimum absolute atomic E-state index is 0.0647. The van der Waals surface area contributed by atoms with E-state index >= 15 is 0 Å². The highest BCUT2D eigenvalue weighted by Gasteiger charge is 2.27. The maximum Gasteiger partial charge on any atom is 0.292 e. The molecule has 0 saturated carbocycles. The first-order valence-electron chi connectivity index (χ1n) is 8.21. The van der Waals surface area contributed by atoms with Crippen LogP contribution in [0, 0.1) is 0 Å². The molecule has 2 aromatic rings. The van der Waals surface area contributed by atoms with Crippen molar-refractivity contribution in [3.8, 4) is 5.75 Å². The molecule has 0 spiro atoms. The number of likely N-dealkylation sites (tertiary alicyclic amines) is 1. The Hall–Kier alpha value is -2.01. The number of para-hydroxylation sites is 1. The zero-order valence-electron chi connectivity index (χ0n) is 13.9. The normalized spacial score (nSPS) is 15.8. The summed E-state index contributed by atoms with van der Waals surface area (Å²) in [6, 6.07) is 9.18. The Morgan fingerprint density at radius 2 is 2.04 bits per heavy atom. The van der Waals surface area contributed by atoms with Gasteiger partial charge in [-0.3, -0.25) is 4.79 Å². The predicted molar refractivity (Wildman–Crippen MR) is 91.6 cm³/mol. The van der Waals surface area contributed by atoms with Crippen LogP contribution in [0.5, 0.6) is 5.75 Å². The minimum Gasteiger partial charge on any atom is -0.489 e. The second-order valence-corrected chi connectivity index (χ2v) is 6.72. The van der Waals surface area contributed by atoms with Gasteiger partial charge in [0.05, 0.1) is 10.7 Å². The molecule has 128 valence electrons. The lowest BCUT2D eigenvalue weighted by Gasteiger charge is -2.31. The molecular formula is C18H21ClN2O3. The van der Waals surface area contributed by atoms with Gasteiger partial charge in [-0.25, -0.2) is 0 Å². The van der Waals surface area contributed by atoms with Crippen molar-refractivity contribution in [2.24, 2.45) is 0 Å². The van der Waals surface area contributed by atoms with Gasteiger partial charge in [-0.15, -0.1) is 0 Å². The average molecular weight is 349 g/mol. The van der Waals surface area contributed by atoms with E-state index in [0.29, 0.717) is 29.6 Å². The van der Waals surface area contributed by atoms with Crippen LogP contribution in [0.1, 0.15) is 48.9 Å². The maximum absolute atomic E-state index is 12.5. The molecule has 2 heterocycles. The molecule has 1 aromatic carbocycles. The fourth-order valence-corrected chi connectivity index (χ4v) is 2.89. The van der Waals surface area contributed by atoms with Crippen molar-refractivity contribution in [3.63, 3.8) is 0 Å². The zero-order valence-corrected chi connectivity index (χ0v) is 14.6. The van der Waals surface area contributed by atoms with Crippen LogP contribution in [-0.2, 0) is 0 Å². The van der Waals surface area contributed by atoms with Crippen LogP contribution < -0.4 is 4.74 Å². The van der Waals surface area contributed by atoms with Crippen LogP contribution in [0.2, 0.25) is 5.02 Å². The number of amides is 1. The minimum atomic E-state index is -0.106. The quantitative estimate of drug-likeness (QED) is 0.833. The summed E-state index contributed by atoms with van der Waals surface area (Å²) in [4.78, 5) is 14.3. The van der Waals surface area contributed by atoms with Gasteiger partial charge in [0.2, 0.25) is 5.76 Å². The summed E-state index contributed by atoms with van der Waals surface area (Å²) in [6.45, 7) is 5.30. The maximum atomic E-state index is 12.5. The van der Waals surface area contributed by atoms with Crippen LogP contribution in [-0.4, -0.2) is 35.2 Å². The molecule has 0 atom stereocenters. The second kappa shape index (κ2) is 7.26. The summed E-state index contributed by atoms with van der Waals surface area (Å²) >= 11 is 6.12. The van der Waals surface area contributed by atoms with Gasteiger partial charge in [0.15, 0.2) is 0 Å². The van der Waals surface area contributed by atoms with E-state index in [0.717, 1.165) is 18.5 Å². The smallest absolute Gasteiger partial charge is 0.292 e. The topological polar surface area (TPSA) is 55.6 Å². The van der Waals surface area contributed by atoms with E-state index in [2.05, 4.69) is 5.16 Å². The van der Waals surface area contributed by atoms with Gasteiger partial charge in [0, 0.05) is 32.0 Å². The van der Waals surface area contributed by atoms with E-state index < -0.39 is 0 Å². The lowest BCUT2D eigenvalue weighted by molar-refractivity contribution is 0.0558. The number of aromatic nitrogens is 1. The summed E-state index contributed by atoms with van der Waals surface area (Å²) in [7, 11) is 0. The molecule has 1 aromatic heterocycles. The summed E-state index contributed by atoms with van der Waals surface area (Å²) in [6.07, 6.45) is 1.60. The van der Waals surface area contributed by atoms with E-state index in [4.69, 9.17) is 20.9 Å². The molecule has 0 aliphatic carbocycles. The molecule has 3 rings (SSSR count). The number of piperidine rings is 1. The van der Waals surface area contributed by atoms with Crippen LogP contribution in [0.3, 0.4) is 0 Å². The molecular weight excluding hydrogens is 328 g/mol. The number of hydrogen-bond acceptors (Lipinski definition) is 4. The van der Waals surface area contributed by atoms with Gasteiger partial charge in [0.25, 0.3) is 5.91 Å². The van der Waals surface area contributed by atoms with E-state index in [9.17, 15) is 4.79 Å². The van der Waals surface area contributed by atoms with E-state index in [1.54, 1.807) is 11.0 Å². The highest BCUT2D eigenvalue weighted by Crippen LogP contribution is 2.27. The Kier molecular flexibility index (Phi) is 5.09. The third kappa shape index (κ3) is 3.73. The zero-order chi connectivity index (χ0) is 17.1. The van der Waals surface area contributed by atoms with E-state index in [1.165, 1.54) is 0 Å². The highest BCUT2D eigenvalue weighted by molar-refractivity contribution is 6.32. The average Bonchev–Trinajstić information content (AvgIpc) is 3.07. The first-order valence-corrected chi connectivity index (χ1v) is 8.59. The first-order chi connectivity index (χ1) is 11.5. The Bertz CT molecular complexity index is 706. The summed E-state index contributed by atoms with van der Waals surface area (Å²) < 4.78 is 11.1. The SMILES string of the molecule is CC(C)c1cc(C(=O)N2CCC(Oc3ccccc3Cl)CC2)on1. The Morgan fingerprint density at radius 3 is 2.67 bits per heavy atom. The molecule has 0 unspecified atom stereocenters. The number of hydrogen-bond donors (Lipinski definition) is 0. The third-order valence-corrected chi connectivity index (χ3v) is 4.50. The number of carbonyl (C=O) groups is 1. The number of halogens is 1. The van der Waals surface area contributed by atoms with Crippen molar-refractivity contribution in [1.29, 1.82) is 0 Å². The van der Waals surface area contributed by atoms with Crippen LogP contribution in [0.25, 0.3) is 0 Å². The summed E-state index contributed by atoms with van der Waals surface area (Å²) in [5, 5.41) is 4.56. The second-order valence-electron chi connectivity index (χ2n) is 6.31. The van der Waals surface area contributed by atoms with E-state index in [1.807, 2.05) is 38.1 Å². The van der Waals surface area contributed by atoms with Crippen LogP contribution >= 0.6 is 11.6 Å². The van der Waals surface area contributed by atoms with Crippen LogP contribution in [0.4, 0.5) is 0 Å². The van der Waals surface area contributed by atoms with E-state index in [-0.39, 0.29) is 17.9 Å². The largest absolute Gasteiger partial charge is 0.489 e. The summed E-state index contributed by atoms with van der Waals surface area (Å²) in [5.41, 5.74) is 0.801. The van der Waals surface area contributed by atoms with Crippen molar-refractivity contribution in [1.82, 2.24) is 10.1 Å². The predicted octanol–water partition coefficient (Wildman–Crippen LogP) is 4.14. The summed E-state index contributed by atoms with van der Waals surface area (Å²) in [5.74, 6) is 1.14. The Labute approximate surface area is 146 Å². The number of rotatable bonds is 4. The van der Waals surface area contributed by atoms with Gasteiger partial charge in [-0.1, -0.05) is 42.7 Å². The lowest BCUT2D eigenvalue weighted by Crippen LogP contribution is -2.41. The molecule has 1 fully saturated rings. The molecule has 6 heteroatoms. The standard InChI is InChI=1S/C18H21ClN2O3/c1-12(2)15-11-17(24-20-15)18(22)21-9-7-13(8-10-21)23-16-6-4-3-5-14(16)19/h3-6,11-13H,7-10H2,1-2H3. The van der Waals surface area contributed by atoms with Crippen molar-refractivity contribution in [3.05, 3.63) is 46.8 Å². The van der Waals surface area contributed by atoms with Crippen molar-refractivity contribution in [2.45, 2.75) is 38.7 Å². The molecule has 24 heavy (non-hydrogen) atoms. The Morgan fingerprint density at radius 1 is 1.33 bits per heavy atom. The molecule has 0 bridgehead atoms. The fraction of sp³-hybridized carbons (Fsp3) is 0.444. The van der Waals surface area contributed by atoms with Gasteiger partial charge in [-0.2, -0.15) is 0 Å². The molecule has 0 N–H and O–H groups in total. The number of carbonyl (C=O) groups excluding carboxylic acids is 1.